The smallest absolute Gasteiger partial charge is 0.249 e. The number of benzene rings is 1. The van der Waals surface area contributed by atoms with Gasteiger partial charge >= 0.3 is 0 Å². The van der Waals surface area contributed by atoms with Crippen LogP contribution in [0, 0.1) is 6.92 Å². The van der Waals surface area contributed by atoms with Crippen LogP contribution in [0.2, 0.25) is 0 Å². The summed E-state index contributed by atoms with van der Waals surface area (Å²) in [6.07, 6.45) is 4.06. The van der Waals surface area contributed by atoms with Gasteiger partial charge in [0.15, 0.2) is 0 Å². The average Bonchev–Trinajstić information content (AvgIpc) is 3.56. The van der Waals surface area contributed by atoms with E-state index in [9.17, 15) is 9.59 Å². The Morgan fingerprint density at radius 2 is 1.97 bits per heavy atom. The van der Waals surface area contributed by atoms with Gasteiger partial charge in [0.2, 0.25) is 11.8 Å². The summed E-state index contributed by atoms with van der Waals surface area (Å²) in [5, 5.41) is 3.36. The summed E-state index contributed by atoms with van der Waals surface area (Å²) in [4.78, 5) is 32.6. The first-order valence-corrected chi connectivity index (χ1v) is 11.7. The zero-order chi connectivity index (χ0) is 21.8. The number of rotatable bonds is 7. The Morgan fingerprint density at radius 3 is 2.71 bits per heavy atom. The summed E-state index contributed by atoms with van der Waals surface area (Å²) < 4.78 is 5.14. The quantitative estimate of drug-likeness (QED) is 0.711. The minimum Gasteiger partial charge on any atom is -0.375 e. The molecule has 1 aromatic carbocycles. The van der Waals surface area contributed by atoms with Crippen molar-refractivity contribution < 1.29 is 14.3 Å². The molecule has 0 spiro atoms. The van der Waals surface area contributed by atoms with Gasteiger partial charge in [0, 0.05) is 51.9 Å². The summed E-state index contributed by atoms with van der Waals surface area (Å²) in [5.41, 5.74) is 2.63. The molecule has 2 amide bonds. The highest BCUT2D eigenvalue weighted by Crippen LogP contribution is 2.35. The molecule has 2 aliphatic heterocycles. The van der Waals surface area contributed by atoms with Crippen molar-refractivity contribution in [2.75, 3.05) is 46.4 Å². The number of nitrogens with one attached hydrogen (secondary N) is 1. The highest BCUT2D eigenvalue weighted by molar-refractivity contribution is 5.89. The molecule has 1 aliphatic carbocycles. The summed E-state index contributed by atoms with van der Waals surface area (Å²) in [5.74, 6) is 0.0187. The van der Waals surface area contributed by atoms with Gasteiger partial charge in [-0.2, -0.15) is 0 Å². The molecule has 1 saturated carbocycles. The topological polar surface area (TPSA) is 65.1 Å². The molecule has 0 radical (unpaired) electrons. The molecule has 0 aromatic heterocycles. The largest absolute Gasteiger partial charge is 0.375 e. The molecule has 2 unspecified atom stereocenters. The second-order valence-electron chi connectivity index (χ2n) is 9.14. The van der Waals surface area contributed by atoms with Crippen molar-refractivity contribution >= 4 is 11.8 Å². The standard InChI is InChI=1S/C24H36N4O3/c1-18-6-3-4-7-19(18)15-27(20-8-9-20)21-14-22(28(16-21)23(29)17-31-2)24(30)26-12-5-10-25-11-13-26/h3-4,6-7,20-22,25H,5,8-17H2,1-2H3. The van der Waals surface area contributed by atoms with Crippen LogP contribution >= 0.6 is 0 Å². The number of carbonyl (C=O) groups is 2. The summed E-state index contributed by atoms with van der Waals surface area (Å²) in [7, 11) is 1.54. The maximum Gasteiger partial charge on any atom is 0.249 e. The number of hydrogen-bond acceptors (Lipinski definition) is 5. The molecule has 4 rings (SSSR count). The number of nitrogens with zero attached hydrogens (tertiary/aromatic N) is 3. The molecule has 7 heteroatoms. The van der Waals surface area contributed by atoms with Gasteiger partial charge in [0.25, 0.3) is 0 Å². The van der Waals surface area contributed by atoms with E-state index in [0.717, 1.165) is 32.6 Å². The minimum absolute atomic E-state index is 0.0271. The van der Waals surface area contributed by atoms with E-state index in [-0.39, 0.29) is 30.5 Å². The first kappa shape index (κ1) is 22.2. The van der Waals surface area contributed by atoms with Gasteiger partial charge < -0.3 is 19.9 Å². The van der Waals surface area contributed by atoms with E-state index in [4.69, 9.17) is 4.74 Å². The zero-order valence-electron chi connectivity index (χ0n) is 18.9. The first-order valence-electron chi connectivity index (χ1n) is 11.7. The van der Waals surface area contributed by atoms with Crippen LogP contribution < -0.4 is 5.32 Å². The third kappa shape index (κ3) is 5.27. The molecule has 3 aliphatic rings. The second kappa shape index (κ2) is 10.1. The second-order valence-corrected chi connectivity index (χ2v) is 9.14. The minimum atomic E-state index is -0.385. The highest BCUT2D eigenvalue weighted by Gasteiger charge is 2.46. The lowest BCUT2D eigenvalue weighted by Crippen LogP contribution is -2.49. The number of methoxy groups -OCH3 is 1. The van der Waals surface area contributed by atoms with Crippen LogP contribution in [0.1, 0.15) is 36.8 Å². The Labute approximate surface area is 185 Å². The van der Waals surface area contributed by atoms with Gasteiger partial charge in [-0.3, -0.25) is 14.5 Å². The molecular formula is C24H36N4O3. The third-order valence-electron chi connectivity index (χ3n) is 6.90. The highest BCUT2D eigenvalue weighted by atomic mass is 16.5. The number of ether oxygens (including phenoxy) is 1. The van der Waals surface area contributed by atoms with Crippen molar-refractivity contribution in [2.24, 2.45) is 0 Å². The fourth-order valence-corrected chi connectivity index (χ4v) is 4.99. The molecule has 3 fully saturated rings. The Balaban J connectivity index is 1.53. The van der Waals surface area contributed by atoms with Crippen molar-refractivity contribution in [2.45, 2.75) is 57.3 Å². The van der Waals surface area contributed by atoms with Gasteiger partial charge in [0.05, 0.1) is 0 Å². The Hall–Kier alpha value is -1.96. The molecule has 170 valence electrons. The maximum atomic E-state index is 13.5. The van der Waals surface area contributed by atoms with E-state index in [0.29, 0.717) is 25.6 Å². The normalized spacial score (nSPS) is 24.5. The van der Waals surface area contributed by atoms with Crippen LogP contribution in [-0.4, -0.2) is 91.1 Å². The Bertz CT molecular complexity index is 774. The molecule has 2 saturated heterocycles. The predicted molar refractivity (Wildman–Crippen MR) is 120 cm³/mol. The average molecular weight is 429 g/mol. The molecule has 1 aromatic rings. The van der Waals surface area contributed by atoms with E-state index in [1.165, 1.54) is 31.1 Å². The van der Waals surface area contributed by atoms with Crippen LogP contribution in [0.4, 0.5) is 0 Å². The van der Waals surface area contributed by atoms with E-state index < -0.39 is 0 Å². The number of likely N-dealkylation sites (tertiary alicyclic amines) is 1. The van der Waals surface area contributed by atoms with Gasteiger partial charge in [0.1, 0.15) is 12.6 Å². The lowest BCUT2D eigenvalue weighted by molar-refractivity contribution is -0.145. The predicted octanol–water partition coefficient (Wildman–Crippen LogP) is 1.40. The number of aryl methyl sites for hydroxylation is 1. The van der Waals surface area contributed by atoms with Crippen LogP contribution in [-0.2, 0) is 20.9 Å². The molecular weight excluding hydrogens is 392 g/mol. The van der Waals surface area contributed by atoms with E-state index in [1.54, 1.807) is 4.90 Å². The van der Waals surface area contributed by atoms with Gasteiger partial charge in [-0.1, -0.05) is 24.3 Å². The fourth-order valence-electron chi connectivity index (χ4n) is 4.99. The van der Waals surface area contributed by atoms with E-state index >= 15 is 0 Å². The van der Waals surface area contributed by atoms with Crippen molar-refractivity contribution in [3.05, 3.63) is 35.4 Å². The number of hydrogen-bond donors (Lipinski definition) is 1. The Kier molecular flexibility index (Phi) is 7.25. The fraction of sp³-hybridized carbons (Fsp3) is 0.667. The molecule has 1 N–H and O–H groups in total. The molecule has 2 atom stereocenters. The summed E-state index contributed by atoms with van der Waals surface area (Å²) in [6, 6.07) is 8.89. The van der Waals surface area contributed by atoms with Crippen LogP contribution in [0.15, 0.2) is 24.3 Å². The van der Waals surface area contributed by atoms with Gasteiger partial charge in [-0.25, -0.2) is 0 Å². The number of amides is 2. The van der Waals surface area contributed by atoms with Crippen LogP contribution in [0.3, 0.4) is 0 Å². The van der Waals surface area contributed by atoms with Gasteiger partial charge in [-0.15, -0.1) is 0 Å². The first-order chi connectivity index (χ1) is 15.1. The SMILES string of the molecule is COCC(=O)N1CC(N(Cc2ccccc2C)C2CC2)CC1C(=O)N1CCCNCC1. The lowest BCUT2D eigenvalue weighted by Gasteiger charge is -2.29. The molecule has 2 heterocycles. The van der Waals surface area contributed by atoms with E-state index in [1.807, 2.05) is 4.90 Å². The van der Waals surface area contributed by atoms with Crippen molar-refractivity contribution in [3.63, 3.8) is 0 Å². The molecule has 0 bridgehead atoms. The Morgan fingerprint density at radius 1 is 1.16 bits per heavy atom. The van der Waals surface area contributed by atoms with Gasteiger partial charge in [-0.05, 0) is 50.3 Å². The van der Waals surface area contributed by atoms with Crippen molar-refractivity contribution in [1.29, 1.82) is 0 Å². The van der Waals surface area contributed by atoms with Crippen molar-refractivity contribution in [3.8, 4) is 0 Å². The summed E-state index contributed by atoms with van der Waals surface area (Å²) in [6.45, 7) is 6.89. The van der Waals surface area contributed by atoms with E-state index in [2.05, 4.69) is 41.4 Å². The van der Waals surface area contributed by atoms with Crippen LogP contribution in [0.25, 0.3) is 0 Å². The summed E-state index contributed by atoms with van der Waals surface area (Å²) >= 11 is 0. The molecule has 7 nitrogen and oxygen atoms in total. The zero-order valence-corrected chi connectivity index (χ0v) is 18.9. The van der Waals surface area contributed by atoms with Crippen LogP contribution in [0.5, 0.6) is 0 Å². The number of carbonyl (C=O) groups excluding carboxylic acids is 2. The maximum absolute atomic E-state index is 13.5. The van der Waals surface area contributed by atoms with Crippen molar-refractivity contribution in [1.82, 2.24) is 20.0 Å². The third-order valence-corrected chi connectivity index (χ3v) is 6.90. The lowest BCUT2D eigenvalue weighted by atomic mass is 10.1. The monoisotopic (exact) mass is 428 g/mol. The molecule has 31 heavy (non-hydrogen) atoms.